The summed E-state index contributed by atoms with van der Waals surface area (Å²) in [6.07, 6.45) is 0.624. The Balaban J connectivity index is 2.23. The van der Waals surface area contributed by atoms with E-state index >= 15 is 0 Å². The molecule has 1 aromatic rings. The monoisotopic (exact) mass is 262 g/mol. The van der Waals surface area contributed by atoms with Gasteiger partial charge in [-0.15, -0.1) is 0 Å². The van der Waals surface area contributed by atoms with E-state index in [9.17, 15) is 14.7 Å². The van der Waals surface area contributed by atoms with Crippen LogP contribution in [0.25, 0.3) is 0 Å². The van der Waals surface area contributed by atoms with Crippen LogP contribution < -0.4 is 10.6 Å². The molecule has 0 radical (unpaired) electrons. The number of carboxylic acids is 1. The average Bonchev–Trinajstić information content (AvgIpc) is 2.73. The number of amides is 1. The summed E-state index contributed by atoms with van der Waals surface area (Å²) < 4.78 is 0. The predicted octanol–water partition coefficient (Wildman–Crippen LogP) is 1.39. The number of carboxylic acid groups (broad SMARTS) is 1. The third kappa shape index (κ3) is 2.41. The summed E-state index contributed by atoms with van der Waals surface area (Å²) in [5, 5.41) is 9.22. The van der Waals surface area contributed by atoms with Gasteiger partial charge in [-0.05, 0) is 44.0 Å². The van der Waals surface area contributed by atoms with Crippen LogP contribution >= 0.6 is 0 Å². The molecule has 5 heteroatoms. The minimum absolute atomic E-state index is 0.444. The first-order chi connectivity index (χ1) is 8.83. The summed E-state index contributed by atoms with van der Waals surface area (Å²) in [7, 11) is 0. The Bertz CT molecular complexity index is 541. The van der Waals surface area contributed by atoms with Crippen molar-refractivity contribution in [1.29, 1.82) is 0 Å². The number of carbonyl (C=O) groups excluding carboxylic acids is 1. The maximum atomic E-state index is 11.2. The number of primary amides is 1. The second kappa shape index (κ2) is 4.57. The van der Waals surface area contributed by atoms with Gasteiger partial charge in [-0.2, -0.15) is 0 Å². The Kier molecular flexibility index (Phi) is 3.22. The van der Waals surface area contributed by atoms with E-state index in [2.05, 4.69) is 0 Å². The largest absolute Gasteiger partial charge is 0.481 e. The lowest BCUT2D eigenvalue weighted by molar-refractivity contribution is -0.146. The third-order valence-electron chi connectivity index (χ3n) is 3.83. The smallest absolute Gasteiger partial charge is 0.311 e. The maximum absolute atomic E-state index is 11.2. The molecule has 19 heavy (non-hydrogen) atoms. The zero-order chi connectivity index (χ0) is 14.2. The molecule has 0 aromatic heterocycles. The summed E-state index contributed by atoms with van der Waals surface area (Å²) in [6.45, 7) is 4.78. The summed E-state index contributed by atoms with van der Waals surface area (Å²) >= 11 is 0. The van der Waals surface area contributed by atoms with Gasteiger partial charge in [0.2, 0.25) is 5.91 Å². The van der Waals surface area contributed by atoms with Gasteiger partial charge >= 0.3 is 5.97 Å². The van der Waals surface area contributed by atoms with E-state index < -0.39 is 17.3 Å². The number of hydrogen-bond donors (Lipinski definition) is 2. The number of anilines is 1. The lowest BCUT2D eigenvalue weighted by Crippen LogP contribution is -2.31. The van der Waals surface area contributed by atoms with Crippen molar-refractivity contribution in [3.63, 3.8) is 0 Å². The molecular weight excluding hydrogens is 244 g/mol. The topological polar surface area (TPSA) is 83.6 Å². The van der Waals surface area contributed by atoms with Gasteiger partial charge in [0.05, 0.1) is 5.41 Å². The molecule has 2 rings (SSSR count). The first-order valence-electron chi connectivity index (χ1n) is 6.22. The minimum Gasteiger partial charge on any atom is -0.481 e. The van der Waals surface area contributed by atoms with Crippen molar-refractivity contribution >= 4 is 17.6 Å². The second-order valence-electron chi connectivity index (χ2n) is 5.40. The highest BCUT2D eigenvalue weighted by Gasteiger charge is 2.40. The van der Waals surface area contributed by atoms with E-state index in [1.54, 1.807) is 13.0 Å². The van der Waals surface area contributed by atoms with E-state index in [1.807, 2.05) is 24.0 Å². The Hall–Kier alpha value is -2.04. The first kappa shape index (κ1) is 13.4. The molecule has 0 saturated carbocycles. The van der Waals surface area contributed by atoms with Crippen LogP contribution in [-0.2, 0) is 4.79 Å². The Morgan fingerprint density at radius 1 is 1.42 bits per heavy atom. The quantitative estimate of drug-likeness (QED) is 0.862. The zero-order valence-corrected chi connectivity index (χ0v) is 11.1. The molecule has 5 nitrogen and oxygen atoms in total. The number of nitrogens with zero attached hydrogens (tertiary/aromatic N) is 1. The summed E-state index contributed by atoms with van der Waals surface area (Å²) in [4.78, 5) is 24.4. The molecule has 0 bridgehead atoms. The fraction of sp³-hybridized carbons (Fsp3) is 0.429. The summed E-state index contributed by atoms with van der Waals surface area (Å²) in [6, 6.07) is 5.40. The maximum Gasteiger partial charge on any atom is 0.311 e. The molecule has 1 fully saturated rings. The van der Waals surface area contributed by atoms with Crippen molar-refractivity contribution in [1.82, 2.24) is 0 Å². The molecule has 3 N–H and O–H groups in total. The van der Waals surface area contributed by atoms with Gasteiger partial charge in [-0.3, -0.25) is 9.59 Å². The fourth-order valence-corrected chi connectivity index (χ4v) is 2.48. The zero-order valence-electron chi connectivity index (χ0n) is 11.1. The highest BCUT2D eigenvalue weighted by molar-refractivity contribution is 5.94. The van der Waals surface area contributed by atoms with Crippen molar-refractivity contribution in [3.05, 3.63) is 29.3 Å². The van der Waals surface area contributed by atoms with E-state index in [0.717, 1.165) is 11.3 Å². The Morgan fingerprint density at radius 3 is 2.58 bits per heavy atom. The number of rotatable bonds is 3. The van der Waals surface area contributed by atoms with Gasteiger partial charge in [0.25, 0.3) is 0 Å². The standard InChI is InChI=1S/C14H18N2O3/c1-9-7-10(3-4-11(9)12(15)17)16-6-5-14(2,8-16)13(18)19/h3-4,7H,5-6,8H2,1-2H3,(H2,15,17)(H,18,19). The van der Waals surface area contributed by atoms with Crippen molar-refractivity contribution in [2.45, 2.75) is 20.3 Å². The van der Waals surface area contributed by atoms with Crippen LogP contribution in [0.15, 0.2) is 18.2 Å². The van der Waals surface area contributed by atoms with Crippen LogP contribution in [0.4, 0.5) is 5.69 Å². The van der Waals surface area contributed by atoms with Crippen LogP contribution in [0, 0.1) is 12.3 Å². The van der Waals surface area contributed by atoms with Crippen LogP contribution in [-0.4, -0.2) is 30.1 Å². The molecule has 1 aliphatic heterocycles. The molecule has 1 atom stereocenters. The normalized spacial score (nSPS) is 22.5. The van der Waals surface area contributed by atoms with Crippen molar-refractivity contribution in [2.24, 2.45) is 11.1 Å². The minimum atomic E-state index is -0.763. The van der Waals surface area contributed by atoms with Crippen LogP contribution in [0.2, 0.25) is 0 Å². The van der Waals surface area contributed by atoms with Gasteiger partial charge in [0.1, 0.15) is 0 Å². The van der Waals surface area contributed by atoms with Gasteiger partial charge in [-0.25, -0.2) is 0 Å². The molecule has 1 unspecified atom stereocenters. The van der Waals surface area contributed by atoms with Gasteiger partial charge in [-0.1, -0.05) is 0 Å². The summed E-state index contributed by atoms with van der Waals surface area (Å²) in [5.41, 5.74) is 6.83. The van der Waals surface area contributed by atoms with Crippen molar-refractivity contribution < 1.29 is 14.7 Å². The van der Waals surface area contributed by atoms with Crippen molar-refractivity contribution in [3.8, 4) is 0 Å². The molecule has 1 aliphatic rings. The molecule has 0 aliphatic carbocycles. The number of nitrogens with two attached hydrogens (primary N) is 1. The van der Waals surface area contributed by atoms with Crippen LogP contribution in [0.1, 0.15) is 29.3 Å². The van der Waals surface area contributed by atoms with Crippen molar-refractivity contribution in [2.75, 3.05) is 18.0 Å². The number of aryl methyl sites for hydroxylation is 1. The number of hydrogen-bond acceptors (Lipinski definition) is 3. The van der Waals surface area contributed by atoms with Crippen LogP contribution in [0.5, 0.6) is 0 Å². The van der Waals surface area contributed by atoms with E-state index in [1.165, 1.54) is 0 Å². The molecule has 1 heterocycles. The molecule has 1 aromatic carbocycles. The van der Waals surface area contributed by atoms with Gasteiger partial charge < -0.3 is 15.7 Å². The highest BCUT2D eigenvalue weighted by Crippen LogP contribution is 2.33. The molecule has 102 valence electrons. The Morgan fingerprint density at radius 2 is 2.11 bits per heavy atom. The second-order valence-corrected chi connectivity index (χ2v) is 5.40. The predicted molar refractivity (Wildman–Crippen MR) is 72.3 cm³/mol. The lowest BCUT2D eigenvalue weighted by Gasteiger charge is -2.22. The SMILES string of the molecule is Cc1cc(N2CCC(C)(C(=O)O)C2)ccc1C(N)=O. The molecule has 1 saturated heterocycles. The van der Waals surface area contributed by atoms with Gasteiger partial charge in [0.15, 0.2) is 0 Å². The number of benzene rings is 1. The van der Waals surface area contributed by atoms with E-state index in [-0.39, 0.29) is 0 Å². The van der Waals surface area contributed by atoms with E-state index in [4.69, 9.17) is 5.73 Å². The fourth-order valence-electron chi connectivity index (χ4n) is 2.48. The molecule has 0 spiro atoms. The molecule has 1 amide bonds. The van der Waals surface area contributed by atoms with Gasteiger partial charge in [0, 0.05) is 24.3 Å². The highest BCUT2D eigenvalue weighted by atomic mass is 16.4. The molecular formula is C14H18N2O3. The third-order valence-corrected chi connectivity index (χ3v) is 3.83. The lowest BCUT2D eigenvalue weighted by atomic mass is 9.90. The number of aliphatic carboxylic acids is 1. The average molecular weight is 262 g/mol. The summed E-state index contributed by atoms with van der Waals surface area (Å²) in [5.74, 6) is -1.21. The Labute approximate surface area is 112 Å². The van der Waals surface area contributed by atoms with E-state index in [0.29, 0.717) is 25.1 Å². The first-order valence-corrected chi connectivity index (χ1v) is 6.22. The van der Waals surface area contributed by atoms with Crippen LogP contribution in [0.3, 0.4) is 0 Å². The number of carbonyl (C=O) groups is 2.